The molecule has 0 atom stereocenters. The molecule has 0 N–H and O–H groups in total. The van der Waals surface area contributed by atoms with Crippen LogP contribution in [0.25, 0.3) is 0 Å². The second kappa shape index (κ2) is 21.7. The van der Waals surface area contributed by atoms with Gasteiger partial charge >= 0.3 is 11.9 Å². The highest BCUT2D eigenvalue weighted by Gasteiger charge is 2.17. The predicted molar refractivity (Wildman–Crippen MR) is 127 cm³/mol. The van der Waals surface area contributed by atoms with E-state index in [1.807, 2.05) is 0 Å². The molecule has 0 unspecified atom stereocenters. The summed E-state index contributed by atoms with van der Waals surface area (Å²) >= 11 is 0. The number of esters is 2. The normalized spacial score (nSPS) is 14.5. The van der Waals surface area contributed by atoms with Crippen molar-refractivity contribution in [2.75, 3.05) is 52.5 Å². The number of unbranched alkanes of at least 4 members (excludes halogenated alkanes) is 6. The van der Waals surface area contributed by atoms with Gasteiger partial charge in [0.05, 0.1) is 0 Å². The predicted octanol–water partition coefficient (Wildman–Crippen LogP) is 4.47. The average molecular weight is 472 g/mol. The summed E-state index contributed by atoms with van der Waals surface area (Å²) in [5, 5.41) is 0. The summed E-state index contributed by atoms with van der Waals surface area (Å²) in [6.07, 6.45) is 9.94. The van der Waals surface area contributed by atoms with Gasteiger partial charge in [0.1, 0.15) is 13.2 Å². The fourth-order valence-electron chi connectivity index (χ4n) is 3.35. The van der Waals surface area contributed by atoms with Gasteiger partial charge in [0.2, 0.25) is 0 Å². The maximum atomic E-state index is 11.7. The average Bonchev–Trinajstić information content (AvgIpc) is 2.70. The molecule has 0 aromatic carbocycles. The summed E-state index contributed by atoms with van der Waals surface area (Å²) in [6, 6.07) is 0. The van der Waals surface area contributed by atoms with Crippen molar-refractivity contribution in [3.05, 3.63) is 0 Å². The van der Waals surface area contributed by atoms with Crippen molar-refractivity contribution >= 4 is 36.8 Å². The molecular formula is C22H44Cl2N2O4. The van der Waals surface area contributed by atoms with Crippen molar-refractivity contribution < 1.29 is 19.1 Å². The number of ether oxygens (including phenoxy) is 2. The van der Waals surface area contributed by atoms with Gasteiger partial charge in [-0.3, -0.25) is 19.4 Å². The van der Waals surface area contributed by atoms with Gasteiger partial charge in [0, 0.05) is 52.1 Å². The lowest BCUT2D eigenvalue weighted by Crippen LogP contribution is -2.48. The summed E-state index contributed by atoms with van der Waals surface area (Å²) in [5.74, 6) is -0.127. The number of hydrogen-bond acceptors (Lipinski definition) is 6. The first-order valence-electron chi connectivity index (χ1n) is 11.4. The highest BCUT2D eigenvalue weighted by atomic mass is 35.5. The molecule has 1 saturated heterocycles. The second-order valence-electron chi connectivity index (χ2n) is 7.75. The third-order valence-electron chi connectivity index (χ3n) is 5.27. The largest absolute Gasteiger partial charge is 0.464 e. The molecule has 180 valence electrons. The maximum absolute atomic E-state index is 11.7. The molecule has 6 nitrogen and oxygen atoms in total. The van der Waals surface area contributed by atoms with E-state index >= 15 is 0 Å². The van der Waals surface area contributed by atoms with E-state index in [4.69, 9.17) is 9.47 Å². The SMILES string of the molecule is CCCCCCC(=O)OCCN1CCN(CCOC(=O)CCCCCC)CC1.Cl.Cl. The molecule has 30 heavy (non-hydrogen) atoms. The highest BCUT2D eigenvalue weighted by molar-refractivity contribution is 5.85. The molecule has 0 aromatic rings. The minimum Gasteiger partial charge on any atom is -0.464 e. The van der Waals surface area contributed by atoms with Gasteiger partial charge in [0.15, 0.2) is 0 Å². The van der Waals surface area contributed by atoms with Gasteiger partial charge < -0.3 is 9.47 Å². The van der Waals surface area contributed by atoms with E-state index in [9.17, 15) is 9.59 Å². The zero-order valence-corrected chi connectivity index (χ0v) is 20.7. The van der Waals surface area contributed by atoms with E-state index in [0.717, 1.165) is 65.0 Å². The first kappa shape index (κ1) is 31.6. The van der Waals surface area contributed by atoms with Crippen molar-refractivity contribution in [3.63, 3.8) is 0 Å². The van der Waals surface area contributed by atoms with E-state index in [0.29, 0.717) is 26.1 Å². The first-order valence-corrected chi connectivity index (χ1v) is 11.4. The Morgan fingerprint density at radius 1 is 0.633 bits per heavy atom. The summed E-state index contributed by atoms with van der Waals surface area (Å²) in [4.78, 5) is 28.0. The molecule has 0 aliphatic carbocycles. The van der Waals surface area contributed by atoms with Crippen LogP contribution >= 0.6 is 24.8 Å². The fraction of sp³-hybridized carbons (Fsp3) is 0.909. The van der Waals surface area contributed by atoms with E-state index in [2.05, 4.69) is 23.6 Å². The Bertz CT molecular complexity index is 382. The van der Waals surface area contributed by atoms with Crippen LogP contribution in [-0.2, 0) is 19.1 Å². The molecule has 1 rings (SSSR count). The number of halogens is 2. The minimum atomic E-state index is -0.0637. The lowest BCUT2D eigenvalue weighted by atomic mass is 10.2. The standard InChI is InChI=1S/C22H42N2O4.2ClH/c1-3-5-7-9-11-21(25)27-19-17-23-13-15-24(16-14-23)18-20-28-22(26)12-10-8-6-4-2;;/h3-20H2,1-2H3;2*1H. The van der Waals surface area contributed by atoms with Crippen LogP contribution in [0, 0.1) is 0 Å². The molecule has 1 aliphatic heterocycles. The van der Waals surface area contributed by atoms with Crippen LogP contribution in [-0.4, -0.2) is 74.2 Å². The lowest BCUT2D eigenvalue weighted by molar-refractivity contribution is -0.145. The van der Waals surface area contributed by atoms with E-state index in [-0.39, 0.29) is 36.8 Å². The van der Waals surface area contributed by atoms with Crippen LogP contribution < -0.4 is 0 Å². The number of carbonyl (C=O) groups is 2. The Kier molecular flexibility index (Phi) is 22.8. The van der Waals surface area contributed by atoms with Gasteiger partial charge in [-0.2, -0.15) is 0 Å². The van der Waals surface area contributed by atoms with Crippen LogP contribution in [0.1, 0.15) is 78.1 Å². The van der Waals surface area contributed by atoms with E-state index in [1.165, 1.54) is 25.7 Å². The molecule has 0 bridgehead atoms. The summed E-state index contributed by atoms with van der Waals surface area (Å²) in [7, 11) is 0. The van der Waals surface area contributed by atoms with Gasteiger partial charge in [-0.15, -0.1) is 24.8 Å². The van der Waals surface area contributed by atoms with Crippen molar-refractivity contribution in [1.82, 2.24) is 9.80 Å². The zero-order valence-electron chi connectivity index (χ0n) is 19.1. The number of piperazine rings is 1. The Hall–Kier alpha value is -0.560. The molecule has 1 heterocycles. The van der Waals surface area contributed by atoms with Crippen molar-refractivity contribution in [2.24, 2.45) is 0 Å². The molecule has 1 fully saturated rings. The van der Waals surface area contributed by atoms with Crippen LogP contribution in [0.5, 0.6) is 0 Å². The smallest absolute Gasteiger partial charge is 0.305 e. The second-order valence-corrected chi connectivity index (χ2v) is 7.75. The quantitative estimate of drug-likeness (QED) is 0.245. The number of nitrogens with zero attached hydrogens (tertiary/aromatic N) is 2. The third kappa shape index (κ3) is 17.2. The molecular weight excluding hydrogens is 427 g/mol. The molecule has 0 spiro atoms. The number of rotatable bonds is 16. The Morgan fingerprint density at radius 3 is 1.33 bits per heavy atom. The summed E-state index contributed by atoms with van der Waals surface area (Å²) in [6.45, 7) is 10.8. The van der Waals surface area contributed by atoms with Crippen LogP contribution in [0.3, 0.4) is 0 Å². The van der Waals surface area contributed by atoms with Crippen molar-refractivity contribution in [2.45, 2.75) is 78.1 Å². The summed E-state index contributed by atoms with van der Waals surface area (Å²) < 4.78 is 10.7. The topological polar surface area (TPSA) is 59.1 Å². The molecule has 8 heteroatoms. The molecule has 0 radical (unpaired) electrons. The number of carbonyl (C=O) groups excluding carboxylic acids is 2. The third-order valence-corrected chi connectivity index (χ3v) is 5.27. The van der Waals surface area contributed by atoms with E-state index < -0.39 is 0 Å². The highest BCUT2D eigenvalue weighted by Crippen LogP contribution is 2.06. The van der Waals surface area contributed by atoms with Gasteiger partial charge in [0.25, 0.3) is 0 Å². The van der Waals surface area contributed by atoms with Crippen molar-refractivity contribution in [3.8, 4) is 0 Å². The Labute approximate surface area is 196 Å². The maximum Gasteiger partial charge on any atom is 0.305 e. The number of hydrogen-bond donors (Lipinski definition) is 0. The van der Waals surface area contributed by atoms with Gasteiger partial charge in [-0.1, -0.05) is 52.4 Å². The van der Waals surface area contributed by atoms with Gasteiger partial charge in [-0.25, -0.2) is 0 Å². The zero-order chi connectivity index (χ0) is 20.5. The summed E-state index contributed by atoms with van der Waals surface area (Å²) in [5.41, 5.74) is 0. The Balaban J connectivity index is 0. The van der Waals surface area contributed by atoms with Crippen molar-refractivity contribution in [1.29, 1.82) is 0 Å². The Morgan fingerprint density at radius 2 is 1.00 bits per heavy atom. The molecule has 0 saturated carbocycles. The van der Waals surface area contributed by atoms with E-state index in [1.54, 1.807) is 0 Å². The monoisotopic (exact) mass is 470 g/mol. The minimum absolute atomic E-state index is 0. The lowest BCUT2D eigenvalue weighted by Gasteiger charge is -2.34. The molecule has 0 amide bonds. The first-order chi connectivity index (χ1) is 13.7. The van der Waals surface area contributed by atoms with Crippen LogP contribution in [0.4, 0.5) is 0 Å². The fourth-order valence-corrected chi connectivity index (χ4v) is 3.35. The molecule has 1 aliphatic rings. The van der Waals surface area contributed by atoms with Crippen LogP contribution in [0.15, 0.2) is 0 Å². The van der Waals surface area contributed by atoms with Crippen LogP contribution in [0.2, 0.25) is 0 Å². The molecule has 0 aromatic heterocycles. The van der Waals surface area contributed by atoms with Gasteiger partial charge in [-0.05, 0) is 12.8 Å².